The van der Waals surface area contributed by atoms with E-state index in [9.17, 15) is 4.79 Å². The highest BCUT2D eigenvalue weighted by Crippen LogP contribution is 2.29. The predicted octanol–water partition coefficient (Wildman–Crippen LogP) is 0.243. The minimum atomic E-state index is 0.0878. The first-order valence-corrected chi connectivity index (χ1v) is 10.2. The number of nitrogens with one attached hydrogen (secondary N) is 3. The van der Waals surface area contributed by atoms with Gasteiger partial charge in [-0.05, 0) is 49.2 Å². The van der Waals surface area contributed by atoms with Crippen LogP contribution in [0.5, 0.6) is 11.5 Å². The summed E-state index contributed by atoms with van der Waals surface area (Å²) < 4.78 is 10.8. The van der Waals surface area contributed by atoms with Crippen LogP contribution in [-0.2, 0) is 11.3 Å². The Morgan fingerprint density at radius 3 is 2.28 bits per heavy atom. The van der Waals surface area contributed by atoms with Crippen LogP contribution >= 0.6 is 0 Å². The summed E-state index contributed by atoms with van der Waals surface area (Å²) in [5, 5.41) is 3.02. The summed E-state index contributed by atoms with van der Waals surface area (Å²) in [4.78, 5) is 15.3. The molecule has 2 aromatic rings. The predicted molar refractivity (Wildman–Crippen MR) is 114 cm³/mol. The molecule has 0 spiro atoms. The first-order valence-electron chi connectivity index (χ1n) is 10.2. The zero-order valence-electron chi connectivity index (χ0n) is 17.9. The van der Waals surface area contributed by atoms with E-state index in [-0.39, 0.29) is 5.91 Å². The molecule has 1 aliphatic rings. The van der Waals surface area contributed by atoms with E-state index in [4.69, 9.17) is 9.47 Å². The normalized spacial score (nSPS) is 18.9. The average Bonchev–Trinajstić information content (AvgIpc) is 2.70. The van der Waals surface area contributed by atoms with Gasteiger partial charge >= 0.3 is 0 Å². The number of methoxy groups -OCH3 is 2. The molecule has 0 aliphatic carbocycles. The summed E-state index contributed by atoms with van der Waals surface area (Å²) in [5.74, 6) is 1.65. The summed E-state index contributed by atoms with van der Waals surface area (Å²) in [6, 6.07) is 12.1. The van der Waals surface area contributed by atoms with Gasteiger partial charge in [0.05, 0.1) is 14.2 Å². The second kappa shape index (κ2) is 9.76. The van der Waals surface area contributed by atoms with Crippen molar-refractivity contribution < 1.29 is 24.1 Å². The molecule has 0 atom stereocenters. The lowest BCUT2D eigenvalue weighted by Gasteiger charge is -2.29. The Morgan fingerprint density at radius 2 is 1.62 bits per heavy atom. The number of quaternary nitrogens is 2. The van der Waals surface area contributed by atoms with Crippen molar-refractivity contribution >= 4 is 11.6 Å². The maximum Gasteiger partial charge on any atom is 0.279 e. The number of anilines is 1. The number of piperazine rings is 1. The van der Waals surface area contributed by atoms with Gasteiger partial charge in [-0.3, -0.25) is 4.79 Å². The quantitative estimate of drug-likeness (QED) is 0.625. The second-order valence-corrected chi connectivity index (χ2v) is 7.90. The Balaban J connectivity index is 1.50. The van der Waals surface area contributed by atoms with Crippen molar-refractivity contribution in [2.75, 3.05) is 52.3 Å². The lowest BCUT2D eigenvalue weighted by molar-refractivity contribution is -1.02. The fourth-order valence-electron chi connectivity index (χ4n) is 3.95. The van der Waals surface area contributed by atoms with Crippen LogP contribution in [-0.4, -0.2) is 52.9 Å². The van der Waals surface area contributed by atoms with E-state index in [0.717, 1.165) is 55.5 Å². The van der Waals surface area contributed by atoms with Crippen LogP contribution in [0.2, 0.25) is 0 Å². The van der Waals surface area contributed by atoms with E-state index in [1.807, 2.05) is 37.3 Å². The van der Waals surface area contributed by atoms with Crippen LogP contribution in [0.25, 0.3) is 0 Å². The first kappa shape index (κ1) is 21.1. The van der Waals surface area contributed by atoms with Gasteiger partial charge in [-0.25, -0.2) is 0 Å². The SMILES string of the molecule is COc1cc(C)c(C[NH+]2CC[NH+](CC(=O)Nc3cccc(C)c3)CC2)cc1OC. The van der Waals surface area contributed by atoms with E-state index in [2.05, 4.69) is 18.3 Å². The number of benzene rings is 2. The topological polar surface area (TPSA) is 56.4 Å². The van der Waals surface area contributed by atoms with Crippen molar-refractivity contribution in [2.24, 2.45) is 0 Å². The lowest BCUT2D eigenvalue weighted by Crippen LogP contribution is -3.28. The molecule has 156 valence electrons. The third kappa shape index (κ3) is 5.71. The fourth-order valence-corrected chi connectivity index (χ4v) is 3.95. The molecule has 29 heavy (non-hydrogen) atoms. The van der Waals surface area contributed by atoms with Crippen LogP contribution in [0.15, 0.2) is 36.4 Å². The van der Waals surface area contributed by atoms with Gasteiger partial charge in [-0.1, -0.05) is 12.1 Å². The molecule has 6 nitrogen and oxygen atoms in total. The van der Waals surface area contributed by atoms with Crippen molar-refractivity contribution in [3.8, 4) is 11.5 Å². The smallest absolute Gasteiger partial charge is 0.279 e. The number of aryl methyl sites for hydroxylation is 2. The largest absolute Gasteiger partial charge is 0.493 e. The summed E-state index contributed by atoms with van der Waals surface area (Å²) in [5.41, 5.74) is 4.54. The average molecular weight is 400 g/mol. The summed E-state index contributed by atoms with van der Waals surface area (Å²) in [6.07, 6.45) is 0. The number of amides is 1. The minimum absolute atomic E-state index is 0.0878. The van der Waals surface area contributed by atoms with Crippen LogP contribution in [0.3, 0.4) is 0 Å². The van der Waals surface area contributed by atoms with Crippen molar-refractivity contribution in [2.45, 2.75) is 20.4 Å². The van der Waals surface area contributed by atoms with Gasteiger partial charge in [0.15, 0.2) is 18.0 Å². The molecule has 2 aromatic carbocycles. The molecule has 6 heteroatoms. The van der Waals surface area contributed by atoms with Crippen molar-refractivity contribution in [3.05, 3.63) is 53.1 Å². The Kier molecular flexibility index (Phi) is 7.12. The molecule has 1 saturated heterocycles. The number of hydrogen-bond donors (Lipinski definition) is 3. The zero-order chi connectivity index (χ0) is 20.8. The molecule has 1 heterocycles. The Hall–Kier alpha value is -2.57. The molecule has 0 saturated carbocycles. The van der Waals surface area contributed by atoms with Gasteiger partial charge in [0.1, 0.15) is 32.7 Å². The summed E-state index contributed by atoms with van der Waals surface area (Å²) in [7, 11) is 3.34. The van der Waals surface area contributed by atoms with Gasteiger partial charge in [-0.15, -0.1) is 0 Å². The number of hydrogen-bond acceptors (Lipinski definition) is 3. The highest BCUT2D eigenvalue weighted by molar-refractivity contribution is 5.91. The zero-order valence-corrected chi connectivity index (χ0v) is 17.9. The molecule has 0 radical (unpaired) electrons. The maximum atomic E-state index is 12.4. The van der Waals surface area contributed by atoms with Gasteiger partial charge in [0.25, 0.3) is 5.91 Å². The van der Waals surface area contributed by atoms with Crippen LogP contribution in [0, 0.1) is 13.8 Å². The molecule has 3 rings (SSSR count). The van der Waals surface area contributed by atoms with Crippen LogP contribution in [0.1, 0.15) is 16.7 Å². The molecule has 0 bridgehead atoms. The first-order chi connectivity index (χ1) is 14.0. The molecule has 0 unspecified atom stereocenters. The number of ether oxygens (including phenoxy) is 2. The number of rotatable bonds is 7. The van der Waals surface area contributed by atoms with Crippen molar-refractivity contribution in [1.82, 2.24) is 0 Å². The summed E-state index contributed by atoms with van der Waals surface area (Å²) in [6.45, 7) is 9.76. The van der Waals surface area contributed by atoms with Crippen LogP contribution in [0.4, 0.5) is 5.69 Å². The number of carbonyl (C=O) groups excluding carboxylic acids is 1. The van der Waals surface area contributed by atoms with Gasteiger partial charge in [0, 0.05) is 11.3 Å². The Labute approximate surface area is 173 Å². The third-order valence-electron chi connectivity index (χ3n) is 5.66. The second-order valence-electron chi connectivity index (χ2n) is 7.90. The standard InChI is InChI=1S/C23H31N3O3/c1-17-6-5-7-20(12-17)24-23(27)16-26-10-8-25(9-11-26)15-19-14-22(29-4)21(28-3)13-18(19)2/h5-7,12-14H,8-11,15-16H2,1-4H3,(H,24,27)/p+2. The molecule has 1 amide bonds. The van der Waals surface area contributed by atoms with Gasteiger partial charge in [0.2, 0.25) is 0 Å². The number of carbonyl (C=O) groups is 1. The molecule has 0 aromatic heterocycles. The van der Waals surface area contributed by atoms with E-state index in [0.29, 0.717) is 6.54 Å². The van der Waals surface area contributed by atoms with Crippen molar-refractivity contribution in [1.29, 1.82) is 0 Å². The Bertz CT molecular complexity index is 845. The van der Waals surface area contributed by atoms with E-state index >= 15 is 0 Å². The Morgan fingerprint density at radius 1 is 0.966 bits per heavy atom. The molecule has 3 N–H and O–H groups in total. The minimum Gasteiger partial charge on any atom is -0.493 e. The van der Waals surface area contributed by atoms with Crippen LogP contribution < -0.4 is 24.6 Å². The van der Waals surface area contributed by atoms with E-state index in [1.165, 1.54) is 16.0 Å². The van der Waals surface area contributed by atoms with Gasteiger partial charge < -0.3 is 24.6 Å². The third-order valence-corrected chi connectivity index (χ3v) is 5.66. The lowest BCUT2D eigenvalue weighted by atomic mass is 10.1. The molecule has 1 fully saturated rings. The van der Waals surface area contributed by atoms with Crippen molar-refractivity contribution in [3.63, 3.8) is 0 Å². The van der Waals surface area contributed by atoms with Gasteiger partial charge in [-0.2, -0.15) is 0 Å². The summed E-state index contributed by atoms with van der Waals surface area (Å²) >= 11 is 0. The fraction of sp³-hybridized carbons (Fsp3) is 0.435. The van der Waals surface area contributed by atoms with E-state index in [1.54, 1.807) is 19.1 Å². The van der Waals surface area contributed by atoms with E-state index < -0.39 is 0 Å². The molecular formula is C23H33N3O3+2. The highest BCUT2D eigenvalue weighted by Gasteiger charge is 2.25. The maximum absolute atomic E-state index is 12.4. The monoisotopic (exact) mass is 399 g/mol. The molecule has 1 aliphatic heterocycles. The molecular weight excluding hydrogens is 366 g/mol. The highest BCUT2D eigenvalue weighted by atomic mass is 16.5.